The molecule has 0 spiro atoms. The van der Waals surface area contributed by atoms with Gasteiger partial charge in [-0.3, -0.25) is 9.69 Å². The Balaban J connectivity index is 1.90. The summed E-state index contributed by atoms with van der Waals surface area (Å²) in [4.78, 5) is 18.0. The number of likely N-dealkylation sites (N-methyl/N-ethyl adjacent to an activating group) is 1. The van der Waals surface area contributed by atoms with E-state index in [1.807, 2.05) is 0 Å². The van der Waals surface area contributed by atoms with Crippen LogP contribution in [0.2, 0.25) is 0 Å². The van der Waals surface area contributed by atoms with E-state index in [4.69, 9.17) is 4.74 Å². The maximum atomic E-state index is 12.3. The van der Waals surface area contributed by atoms with Crippen LogP contribution in [-0.2, 0) is 21.6 Å². The van der Waals surface area contributed by atoms with Crippen molar-refractivity contribution in [1.29, 1.82) is 0 Å². The number of nitrogens with zero attached hydrogens (tertiary/aromatic N) is 1. The number of alkyl halides is 1. The maximum absolute atomic E-state index is 12.3. The first-order chi connectivity index (χ1) is 11.1. The zero-order chi connectivity index (χ0) is 16.2. The molecule has 2 aliphatic rings. The number of nitrogens with one attached hydrogen (secondary N) is 1. The average Bonchev–Trinajstić information content (AvgIpc) is 2.99. The van der Waals surface area contributed by atoms with Crippen LogP contribution in [0, 0.1) is 5.92 Å². The summed E-state index contributed by atoms with van der Waals surface area (Å²) >= 11 is 3.33. The van der Waals surface area contributed by atoms with Gasteiger partial charge >= 0.3 is 0 Å². The number of piperidine rings is 1. The third kappa shape index (κ3) is 2.06. The highest BCUT2D eigenvalue weighted by Gasteiger charge is 2.52. The van der Waals surface area contributed by atoms with E-state index in [2.05, 4.69) is 57.3 Å². The summed E-state index contributed by atoms with van der Waals surface area (Å²) in [6, 6.07) is 6.63. The molecule has 3 atom stereocenters. The van der Waals surface area contributed by atoms with E-state index < -0.39 is 5.60 Å². The van der Waals surface area contributed by atoms with Crippen molar-refractivity contribution in [2.45, 2.75) is 24.5 Å². The average molecular weight is 377 g/mol. The first-order valence-electron chi connectivity index (χ1n) is 8.04. The highest BCUT2D eigenvalue weighted by Crippen LogP contribution is 2.49. The molecule has 122 valence electrons. The Kier molecular flexibility index (Phi) is 3.63. The summed E-state index contributed by atoms with van der Waals surface area (Å²) in [5, 5.41) is 1.70. The number of hydrogen-bond acceptors (Lipinski definition) is 3. The fourth-order valence-corrected chi connectivity index (χ4v) is 5.10. The van der Waals surface area contributed by atoms with E-state index in [1.165, 1.54) is 16.5 Å². The van der Waals surface area contributed by atoms with Crippen LogP contribution in [0.4, 0.5) is 0 Å². The van der Waals surface area contributed by atoms with Crippen molar-refractivity contribution < 1.29 is 9.53 Å². The van der Waals surface area contributed by atoms with E-state index in [0.29, 0.717) is 5.33 Å². The molecule has 0 saturated carbocycles. The molecule has 2 aromatic rings. The Morgan fingerprint density at radius 2 is 2.35 bits per heavy atom. The molecule has 1 aliphatic carbocycles. The number of hydrogen-bond donors (Lipinski definition) is 1. The van der Waals surface area contributed by atoms with Crippen LogP contribution in [0.3, 0.4) is 0 Å². The van der Waals surface area contributed by atoms with E-state index in [-0.39, 0.29) is 17.7 Å². The van der Waals surface area contributed by atoms with Crippen molar-refractivity contribution in [2.24, 2.45) is 5.92 Å². The summed E-state index contributed by atoms with van der Waals surface area (Å²) < 4.78 is 6.17. The van der Waals surface area contributed by atoms with Gasteiger partial charge in [-0.25, -0.2) is 0 Å². The maximum Gasteiger partial charge on any atom is 0.147 e. The van der Waals surface area contributed by atoms with Crippen molar-refractivity contribution in [3.8, 4) is 0 Å². The van der Waals surface area contributed by atoms with Gasteiger partial charge < -0.3 is 9.72 Å². The number of carbonyl (C=O) groups is 1. The number of fused-ring (bicyclic) bond motifs is 2. The third-order valence-electron chi connectivity index (χ3n) is 5.74. The number of aromatic amines is 1. The second-order valence-corrected chi connectivity index (χ2v) is 7.36. The number of ketones is 1. The van der Waals surface area contributed by atoms with Crippen LogP contribution >= 0.6 is 15.9 Å². The van der Waals surface area contributed by atoms with Crippen LogP contribution in [0.1, 0.15) is 17.5 Å². The van der Waals surface area contributed by atoms with Crippen molar-refractivity contribution in [3.05, 3.63) is 35.5 Å². The molecular weight excluding hydrogens is 356 g/mol. The van der Waals surface area contributed by atoms with Gasteiger partial charge in [0.15, 0.2) is 0 Å². The SMILES string of the molecule is CO[C@]12CC(C(=O)CBr)CN(C)[C@@H]1Cc1c[nH]c3cccc2c13. The lowest BCUT2D eigenvalue weighted by molar-refractivity contribution is -0.143. The van der Waals surface area contributed by atoms with Gasteiger partial charge in [0.1, 0.15) is 11.4 Å². The van der Waals surface area contributed by atoms with E-state index >= 15 is 0 Å². The second-order valence-electron chi connectivity index (χ2n) is 6.80. The first kappa shape index (κ1) is 15.4. The monoisotopic (exact) mass is 376 g/mol. The Bertz CT molecular complexity index is 771. The summed E-state index contributed by atoms with van der Waals surface area (Å²) in [5.74, 6) is 0.269. The molecule has 1 aliphatic heterocycles. The van der Waals surface area contributed by atoms with Crippen LogP contribution in [0.25, 0.3) is 10.9 Å². The minimum absolute atomic E-state index is 0.00585. The standard InChI is InChI=1S/C18H21BrN2O2/c1-21-10-12(15(22)8-19)7-18(23-2)13-4-3-5-14-17(13)11(9-20-14)6-16(18)21/h3-5,9,12,16,20H,6-8,10H2,1-2H3/t12?,16-,18+/m1/s1. The largest absolute Gasteiger partial charge is 0.372 e. The molecule has 1 N–H and O–H groups in total. The highest BCUT2D eigenvalue weighted by molar-refractivity contribution is 9.09. The lowest BCUT2D eigenvalue weighted by atomic mass is 9.68. The molecular formula is C18H21BrN2O2. The molecule has 0 radical (unpaired) electrons. The molecule has 0 amide bonds. The fourth-order valence-electron chi connectivity index (χ4n) is 4.64. The van der Waals surface area contributed by atoms with Crippen molar-refractivity contribution in [3.63, 3.8) is 0 Å². The van der Waals surface area contributed by atoms with E-state index in [9.17, 15) is 4.79 Å². The predicted molar refractivity (Wildman–Crippen MR) is 94.0 cm³/mol. The number of halogens is 1. The summed E-state index contributed by atoms with van der Waals surface area (Å²) in [6.07, 6.45) is 3.83. The molecule has 1 aromatic heterocycles. The minimum Gasteiger partial charge on any atom is -0.372 e. The number of carbonyl (C=O) groups excluding carboxylic acids is 1. The number of H-pyrrole nitrogens is 1. The molecule has 2 heterocycles. The van der Waals surface area contributed by atoms with Gasteiger partial charge in [0.25, 0.3) is 0 Å². The number of benzene rings is 1. The fraction of sp³-hybridized carbons (Fsp3) is 0.500. The smallest absolute Gasteiger partial charge is 0.147 e. The van der Waals surface area contributed by atoms with Crippen LogP contribution in [0.15, 0.2) is 24.4 Å². The van der Waals surface area contributed by atoms with Gasteiger partial charge in [-0.05, 0) is 37.1 Å². The Hall–Kier alpha value is -1.17. The molecule has 1 aromatic carbocycles. The Morgan fingerprint density at radius 1 is 1.52 bits per heavy atom. The minimum atomic E-state index is -0.413. The number of aromatic nitrogens is 1. The Morgan fingerprint density at radius 3 is 3.09 bits per heavy atom. The number of ether oxygens (including phenoxy) is 1. The molecule has 1 saturated heterocycles. The summed E-state index contributed by atoms with van der Waals surface area (Å²) in [7, 11) is 3.90. The summed E-state index contributed by atoms with van der Waals surface area (Å²) in [6.45, 7) is 0.802. The number of Topliss-reactive ketones (excluding diaryl/α,β-unsaturated/α-hetero) is 1. The van der Waals surface area contributed by atoms with Crippen molar-refractivity contribution >= 4 is 32.6 Å². The van der Waals surface area contributed by atoms with Gasteiger partial charge in [0, 0.05) is 42.7 Å². The number of likely N-dealkylation sites (tertiary alicyclic amines) is 1. The van der Waals surface area contributed by atoms with Gasteiger partial charge in [-0.15, -0.1) is 0 Å². The zero-order valence-corrected chi connectivity index (χ0v) is 15.0. The lowest BCUT2D eigenvalue weighted by Gasteiger charge is -2.52. The molecule has 1 unspecified atom stereocenters. The van der Waals surface area contributed by atoms with Crippen LogP contribution in [0.5, 0.6) is 0 Å². The Labute approximate surface area is 144 Å². The molecule has 0 bridgehead atoms. The van der Waals surface area contributed by atoms with Gasteiger partial charge in [0.05, 0.1) is 5.33 Å². The number of methoxy groups -OCH3 is 1. The molecule has 5 heteroatoms. The van der Waals surface area contributed by atoms with Crippen molar-refractivity contribution in [1.82, 2.24) is 9.88 Å². The third-order valence-corrected chi connectivity index (χ3v) is 6.29. The molecule has 23 heavy (non-hydrogen) atoms. The lowest BCUT2D eigenvalue weighted by Crippen LogP contribution is -2.60. The predicted octanol–water partition coefficient (Wildman–Crippen LogP) is 2.85. The zero-order valence-electron chi connectivity index (χ0n) is 13.4. The summed E-state index contributed by atoms with van der Waals surface area (Å²) in [5.41, 5.74) is 3.32. The quantitative estimate of drug-likeness (QED) is 0.837. The highest BCUT2D eigenvalue weighted by atomic mass is 79.9. The van der Waals surface area contributed by atoms with Crippen LogP contribution in [-0.4, -0.2) is 47.7 Å². The molecule has 4 nitrogen and oxygen atoms in total. The van der Waals surface area contributed by atoms with E-state index in [1.54, 1.807) is 7.11 Å². The second kappa shape index (κ2) is 5.43. The topological polar surface area (TPSA) is 45.3 Å². The number of rotatable bonds is 3. The van der Waals surface area contributed by atoms with Crippen LogP contribution < -0.4 is 0 Å². The molecule has 1 fully saturated rings. The molecule has 4 rings (SSSR count). The van der Waals surface area contributed by atoms with Gasteiger partial charge in [0.2, 0.25) is 0 Å². The first-order valence-corrected chi connectivity index (χ1v) is 9.16. The van der Waals surface area contributed by atoms with Gasteiger partial charge in [-0.1, -0.05) is 28.1 Å². The van der Waals surface area contributed by atoms with Crippen molar-refractivity contribution in [2.75, 3.05) is 26.0 Å². The van der Waals surface area contributed by atoms with Gasteiger partial charge in [-0.2, -0.15) is 0 Å². The van der Waals surface area contributed by atoms with E-state index in [0.717, 1.165) is 24.9 Å². The normalized spacial score (nSPS) is 30.4.